The Bertz CT molecular complexity index is 764. The highest BCUT2D eigenvalue weighted by Gasteiger charge is 2.30. The molecular formula is C14H11F3N4. The number of fused-ring (bicyclic) bond motifs is 1. The van der Waals surface area contributed by atoms with Gasteiger partial charge in [0.25, 0.3) is 0 Å². The van der Waals surface area contributed by atoms with Gasteiger partial charge < -0.3 is 5.73 Å². The number of nitrogens with two attached hydrogens (primary N) is 1. The molecule has 0 spiro atoms. The highest BCUT2D eigenvalue weighted by atomic mass is 19.4. The second-order valence-corrected chi connectivity index (χ2v) is 4.68. The summed E-state index contributed by atoms with van der Waals surface area (Å²) in [4.78, 5) is 4.28. The summed E-state index contributed by atoms with van der Waals surface area (Å²) in [5.74, 6) is 0.338. The Balaban J connectivity index is 2.09. The Morgan fingerprint density at radius 2 is 1.71 bits per heavy atom. The van der Waals surface area contributed by atoms with Crippen LogP contribution in [-0.4, -0.2) is 14.6 Å². The molecule has 0 bridgehead atoms. The zero-order valence-corrected chi connectivity index (χ0v) is 11.0. The van der Waals surface area contributed by atoms with Crippen molar-refractivity contribution in [3.8, 4) is 11.4 Å². The van der Waals surface area contributed by atoms with Crippen LogP contribution >= 0.6 is 0 Å². The molecule has 0 radical (unpaired) electrons. The number of benzene rings is 1. The molecule has 0 aliphatic carbocycles. The van der Waals surface area contributed by atoms with E-state index in [0.29, 0.717) is 22.7 Å². The van der Waals surface area contributed by atoms with Gasteiger partial charge in [-0.3, -0.25) is 0 Å². The molecule has 3 rings (SSSR count). The summed E-state index contributed by atoms with van der Waals surface area (Å²) in [5, 5.41) is 4.28. The molecule has 0 amide bonds. The van der Waals surface area contributed by atoms with Crippen molar-refractivity contribution in [2.24, 2.45) is 0 Å². The predicted molar refractivity (Wildman–Crippen MR) is 72.6 cm³/mol. The van der Waals surface area contributed by atoms with Crippen molar-refractivity contribution in [2.75, 3.05) is 5.73 Å². The lowest BCUT2D eigenvalue weighted by Crippen LogP contribution is -2.04. The van der Waals surface area contributed by atoms with E-state index in [9.17, 15) is 13.2 Å². The lowest BCUT2D eigenvalue weighted by atomic mass is 10.1. The molecule has 108 valence electrons. The normalized spacial score (nSPS) is 12.0. The van der Waals surface area contributed by atoms with E-state index >= 15 is 0 Å². The van der Waals surface area contributed by atoms with Crippen LogP contribution in [0.15, 0.2) is 36.4 Å². The maximum absolute atomic E-state index is 12.5. The first kappa shape index (κ1) is 13.4. The van der Waals surface area contributed by atoms with Gasteiger partial charge in [0, 0.05) is 11.3 Å². The Hall–Kier alpha value is -2.57. The molecule has 1 aromatic carbocycles. The van der Waals surface area contributed by atoms with E-state index in [1.807, 2.05) is 6.92 Å². The van der Waals surface area contributed by atoms with Gasteiger partial charge in [-0.15, -0.1) is 5.10 Å². The number of hydrogen-bond donors (Lipinski definition) is 1. The fourth-order valence-corrected chi connectivity index (χ4v) is 2.03. The van der Waals surface area contributed by atoms with Gasteiger partial charge in [-0.25, -0.2) is 9.50 Å². The Morgan fingerprint density at radius 3 is 2.29 bits per heavy atom. The van der Waals surface area contributed by atoms with Crippen LogP contribution in [-0.2, 0) is 6.18 Å². The van der Waals surface area contributed by atoms with Crippen molar-refractivity contribution in [2.45, 2.75) is 13.1 Å². The molecule has 2 N–H and O–H groups in total. The summed E-state index contributed by atoms with van der Waals surface area (Å²) in [6.07, 6.45) is -4.36. The van der Waals surface area contributed by atoms with Gasteiger partial charge in [0.2, 0.25) is 0 Å². The second kappa shape index (κ2) is 4.47. The lowest BCUT2D eigenvalue weighted by molar-refractivity contribution is -0.137. The average molecular weight is 292 g/mol. The van der Waals surface area contributed by atoms with Gasteiger partial charge in [-0.1, -0.05) is 12.1 Å². The van der Waals surface area contributed by atoms with E-state index in [4.69, 9.17) is 5.73 Å². The minimum atomic E-state index is -4.36. The lowest BCUT2D eigenvalue weighted by Gasteiger charge is -2.05. The summed E-state index contributed by atoms with van der Waals surface area (Å²) in [6, 6.07) is 8.24. The van der Waals surface area contributed by atoms with Crippen molar-refractivity contribution in [3.63, 3.8) is 0 Å². The maximum Gasteiger partial charge on any atom is 0.416 e. The number of anilines is 1. The zero-order chi connectivity index (χ0) is 15.2. The number of alkyl halides is 3. The van der Waals surface area contributed by atoms with Crippen LogP contribution in [0.25, 0.3) is 17.0 Å². The molecule has 7 heteroatoms. The number of halogens is 3. The molecule has 0 fully saturated rings. The highest BCUT2D eigenvalue weighted by molar-refractivity contribution is 5.68. The molecule has 21 heavy (non-hydrogen) atoms. The summed E-state index contributed by atoms with van der Waals surface area (Å²) in [5.41, 5.74) is 7.42. The van der Waals surface area contributed by atoms with Gasteiger partial charge in [-0.05, 0) is 31.2 Å². The third-order valence-electron chi connectivity index (χ3n) is 3.17. The van der Waals surface area contributed by atoms with E-state index in [2.05, 4.69) is 10.1 Å². The van der Waals surface area contributed by atoms with E-state index in [1.165, 1.54) is 12.1 Å². The second-order valence-electron chi connectivity index (χ2n) is 4.68. The minimum Gasteiger partial charge on any atom is -0.396 e. The standard InChI is InChI=1S/C14H11F3N4/c1-8-2-7-11(18)13-19-12(20-21(8)13)9-3-5-10(6-4-9)14(15,16)17/h2-7H,18H2,1H3. The van der Waals surface area contributed by atoms with E-state index in [-0.39, 0.29) is 0 Å². The van der Waals surface area contributed by atoms with Gasteiger partial charge in [0.15, 0.2) is 11.5 Å². The molecule has 0 saturated carbocycles. The maximum atomic E-state index is 12.5. The minimum absolute atomic E-state index is 0.338. The topological polar surface area (TPSA) is 56.2 Å². The van der Waals surface area contributed by atoms with Crippen LogP contribution in [0.2, 0.25) is 0 Å². The number of hydrogen-bond acceptors (Lipinski definition) is 3. The van der Waals surface area contributed by atoms with Crippen molar-refractivity contribution < 1.29 is 13.2 Å². The quantitative estimate of drug-likeness (QED) is 0.748. The van der Waals surface area contributed by atoms with Gasteiger partial charge >= 0.3 is 6.18 Å². The largest absolute Gasteiger partial charge is 0.416 e. The summed E-state index contributed by atoms with van der Waals surface area (Å²) < 4.78 is 39.2. The Labute approximate surface area is 118 Å². The zero-order valence-electron chi connectivity index (χ0n) is 11.0. The smallest absolute Gasteiger partial charge is 0.396 e. The summed E-state index contributed by atoms with van der Waals surface area (Å²) in [6.45, 7) is 1.84. The number of pyridine rings is 1. The summed E-state index contributed by atoms with van der Waals surface area (Å²) >= 11 is 0. The number of nitrogen functional groups attached to an aromatic ring is 1. The van der Waals surface area contributed by atoms with Gasteiger partial charge in [-0.2, -0.15) is 13.2 Å². The van der Waals surface area contributed by atoms with Gasteiger partial charge in [0.1, 0.15) is 0 Å². The Morgan fingerprint density at radius 1 is 1.05 bits per heavy atom. The monoisotopic (exact) mass is 292 g/mol. The van der Waals surface area contributed by atoms with Crippen LogP contribution in [0.5, 0.6) is 0 Å². The molecule has 0 aliphatic heterocycles. The third kappa shape index (κ3) is 2.31. The molecule has 2 heterocycles. The van der Waals surface area contributed by atoms with E-state index < -0.39 is 11.7 Å². The molecule has 2 aromatic heterocycles. The van der Waals surface area contributed by atoms with Crippen LogP contribution in [0.4, 0.5) is 18.9 Å². The molecule has 0 atom stereocenters. The van der Waals surface area contributed by atoms with Crippen molar-refractivity contribution in [3.05, 3.63) is 47.7 Å². The van der Waals surface area contributed by atoms with Crippen LogP contribution in [0.1, 0.15) is 11.3 Å². The highest BCUT2D eigenvalue weighted by Crippen LogP contribution is 2.30. The van der Waals surface area contributed by atoms with E-state index in [1.54, 1.807) is 16.6 Å². The van der Waals surface area contributed by atoms with Crippen molar-refractivity contribution >= 4 is 11.3 Å². The first-order valence-electron chi connectivity index (χ1n) is 6.16. The first-order valence-corrected chi connectivity index (χ1v) is 6.16. The summed E-state index contributed by atoms with van der Waals surface area (Å²) in [7, 11) is 0. The van der Waals surface area contributed by atoms with Crippen molar-refractivity contribution in [1.29, 1.82) is 0 Å². The first-order chi connectivity index (χ1) is 9.86. The third-order valence-corrected chi connectivity index (χ3v) is 3.17. The fourth-order valence-electron chi connectivity index (χ4n) is 2.03. The molecule has 4 nitrogen and oxygen atoms in total. The predicted octanol–water partition coefficient (Wildman–Crippen LogP) is 3.31. The SMILES string of the molecule is Cc1ccc(N)c2nc(-c3ccc(C(F)(F)F)cc3)nn12. The van der Waals surface area contributed by atoms with Crippen LogP contribution < -0.4 is 5.73 Å². The molecule has 0 unspecified atom stereocenters. The number of nitrogens with zero attached hydrogens (tertiary/aromatic N) is 3. The van der Waals surface area contributed by atoms with Crippen LogP contribution in [0.3, 0.4) is 0 Å². The molecule has 0 aliphatic rings. The molecular weight excluding hydrogens is 281 g/mol. The van der Waals surface area contributed by atoms with Crippen LogP contribution in [0, 0.1) is 6.92 Å². The molecule has 3 aromatic rings. The molecule has 0 saturated heterocycles. The number of aryl methyl sites for hydroxylation is 1. The van der Waals surface area contributed by atoms with E-state index in [0.717, 1.165) is 17.8 Å². The number of rotatable bonds is 1. The van der Waals surface area contributed by atoms with Gasteiger partial charge in [0.05, 0.1) is 11.3 Å². The van der Waals surface area contributed by atoms with Crippen molar-refractivity contribution in [1.82, 2.24) is 14.6 Å². The number of aromatic nitrogens is 3. The Kier molecular flexibility index (Phi) is 2.86. The fraction of sp³-hybridized carbons (Fsp3) is 0.143. The average Bonchev–Trinajstić information content (AvgIpc) is 2.89.